The highest BCUT2D eigenvalue weighted by atomic mass is 16.3. The molecule has 3 nitrogen and oxygen atoms in total. The second-order valence-electron chi connectivity index (χ2n) is 5.21. The lowest BCUT2D eigenvalue weighted by atomic mass is 9.89. The van der Waals surface area contributed by atoms with E-state index in [0.29, 0.717) is 0 Å². The largest absolute Gasteiger partial charge is 0.390 e. The first kappa shape index (κ1) is 15.9. The fourth-order valence-corrected chi connectivity index (χ4v) is 1.82. The van der Waals surface area contributed by atoms with Crippen LogP contribution in [0.3, 0.4) is 0 Å². The highest BCUT2D eigenvalue weighted by Crippen LogP contribution is 2.22. The molecular weight excluding hydrogens is 200 g/mol. The summed E-state index contributed by atoms with van der Waals surface area (Å²) < 4.78 is 0. The lowest BCUT2D eigenvalue weighted by Crippen LogP contribution is -2.31. The first-order valence-corrected chi connectivity index (χ1v) is 6.22. The summed E-state index contributed by atoms with van der Waals surface area (Å²) >= 11 is 0. The van der Waals surface area contributed by atoms with Crippen LogP contribution in [0.25, 0.3) is 0 Å². The third-order valence-corrected chi connectivity index (χ3v) is 2.97. The van der Waals surface area contributed by atoms with Crippen molar-refractivity contribution >= 4 is 0 Å². The van der Waals surface area contributed by atoms with Crippen molar-refractivity contribution in [3.8, 4) is 0 Å². The lowest BCUT2D eigenvalue weighted by Gasteiger charge is -2.27. The number of aliphatic hydroxyl groups is 1. The van der Waals surface area contributed by atoms with Gasteiger partial charge >= 0.3 is 0 Å². The van der Waals surface area contributed by atoms with Crippen LogP contribution in [0.15, 0.2) is 0 Å². The zero-order chi connectivity index (χ0) is 12.6. The van der Waals surface area contributed by atoms with Gasteiger partial charge < -0.3 is 14.9 Å². The second kappa shape index (κ2) is 8.04. The standard InChI is InChI=1S/C13H29N2O/c1-6-13(16,9-7-11-14(2)3)10-8-12-15(4)5/h6,16H,7-12H2,1-5H3. The molecule has 3 heteroatoms. The van der Waals surface area contributed by atoms with Crippen molar-refractivity contribution in [2.24, 2.45) is 0 Å². The average Bonchev–Trinajstić information content (AvgIpc) is 2.16. The zero-order valence-electron chi connectivity index (χ0n) is 11.7. The van der Waals surface area contributed by atoms with E-state index in [1.54, 1.807) is 0 Å². The Labute approximate surface area is 101 Å². The Kier molecular flexibility index (Phi) is 7.98. The minimum absolute atomic E-state index is 0.563. The van der Waals surface area contributed by atoms with Gasteiger partial charge in [-0.3, -0.25) is 0 Å². The predicted molar refractivity (Wildman–Crippen MR) is 70.5 cm³/mol. The quantitative estimate of drug-likeness (QED) is 0.651. The van der Waals surface area contributed by atoms with E-state index >= 15 is 0 Å². The summed E-state index contributed by atoms with van der Waals surface area (Å²) in [7, 11) is 8.28. The van der Waals surface area contributed by atoms with Crippen LogP contribution in [0.5, 0.6) is 0 Å². The molecule has 0 aliphatic rings. The van der Waals surface area contributed by atoms with Gasteiger partial charge in [-0.2, -0.15) is 0 Å². The van der Waals surface area contributed by atoms with Gasteiger partial charge in [0.25, 0.3) is 0 Å². The molecule has 0 rings (SSSR count). The number of hydrogen-bond acceptors (Lipinski definition) is 3. The van der Waals surface area contributed by atoms with Gasteiger partial charge in [-0.25, -0.2) is 0 Å². The SMILES string of the molecule is C[CH]C(O)(CCCN(C)C)CCCN(C)C. The van der Waals surface area contributed by atoms with Crippen LogP contribution >= 0.6 is 0 Å². The fraction of sp³-hybridized carbons (Fsp3) is 0.923. The van der Waals surface area contributed by atoms with Gasteiger partial charge in [0.15, 0.2) is 0 Å². The first-order chi connectivity index (χ1) is 7.39. The minimum atomic E-state index is -0.563. The number of nitrogens with zero attached hydrogens (tertiary/aromatic N) is 2. The average molecular weight is 229 g/mol. The fourth-order valence-electron chi connectivity index (χ4n) is 1.82. The van der Waals surface area contributed by atoms with Crippen LogP contribution in [0.2, 0.25) is 0 Å². The van der Waals surface area contributed by atoms with Gasteiger partial charge in [-0.05, 0) is 73.4 Å². The molecule has 0 unspecified atom stereocenters. The van der Waals surface area contributed by atoms with Crippen LogP contribution in [0.4, 0.5) is 0 Å². The van der Waals surface area contributed by atoms with Gasteiger partial charge in [0, 0.05) is 0 Å². The maximum Gasteiger partial charge on any atom is 0.0677 e. The molecule has 0 bridgehead atoms. The third-order valence-electron chi connectivity index (χ3n) is 2.97. The van der Waals surface area contributed by atoms with Gasteiger partial charge in [-0.1, -0.05) is 6.92 Å². The molecule has 0 aromatic carbocycles. The summed E-state index contributed by atoms with van der Waals surface area (Å²) in [6.07, 6.45) is 5.80. The van der Waals surface area contributed by atoms with Crippen molar-refractivity contribution < 1.29 is 5.11 Å². The Bertz CT molecular complexity index is 155. The smallest absolute Gasteiger partial charge is 0.0677 e. The van der Waals surface area contributed by atoms with E-state index in [0.717, 1.165) is 38.8 Å². The molecule has 0 aromatic rings. The molecule has 0 saturated carbocycles. The molecule has 0 aliphatic heterocycles. The Morgan fingerprint density at radius 1 is 0.938 bits per heavy atom. The molecule has 97 valence electrons. The van der Waals surface area contributed by atoms with E-state index in [9.17, 15) is 5.11 Å². The Hall–Kier alpha value is -0.120. The molecule has 0 spiro atoms. The van der Waals surface area contributed by atoms with Gasteiger partial charge in [-0.15, -0.1) is 0 Å². The lowest BCUT2D eigenvalue weighted by molar-refractivity contribution is 0.0481. The Morgan fingerprint density at radius 3 is 1.56 bits per heavy atom. The van der Waals surface area contributed by atoms with E-state index in [4.69, 9.17) is 0 Å². The Balaban J connectivity index is 3.81. The summed E-state index contributed by atoms with van der Waals surface area (Å²) in [6, 6.07) is 0. The van der Waals surface area contributed by atoms with E-state index in [2.05, 4.69) is 38.0 Å². The molecule has 1 radical (unpaired) electrons. The van der Waals surface area contributed by atoms with Crippen molar-refractivity contribution in [2.75, 3.05) is 41.3 Å². The van der Waals surface area contributed by atoms with Crippen LogP contribution in [0, 0.1) is 6.42 Å². The number of hydrogen-bond donors (Lipinski definition) is 1. The molecule has 0 aromatic heterocycles. The number of rotatable bonds is 9. The van der Waals surface area contributed by atoms with Crippen LogP contribution < -0.4 is 0 Å². The normalized spacial score (nSPS) is 12.8. The molecule has 16 heavy (non-hydrogen) atoms. The Morgan fingerprint density at radius 2 is 1.31 bits per heavy atom. The molecule has 1 N–H and O–H groups in total. The molecule has 0 aliphatic carbocycles. The minimum Gasteiger partial charge on any atom is -0.390 e. The van der Waals surface area contributed by atoms with E-state index in [-0.39, 0.29) is 0 Å². The van der Waals surface area contributed by atoms with Crippen LogP contribution in [-0.2, 0) is 0 Å². The van der Waals surface area contributed by atoms with E-state index < -0.39 is 5.60 Å². The molecule has 0 amide bonds. The van der Waals surface area contributed by atoms with Crippen molar-refractivity contribution in [2.45, 2.75) is 38.2 Å². The van der Waals surface area contributed by atoms with Crippen molar-refractivity contribution in [1.29, 1.82) is 0 Å². The first-order valence-electron chi connectivity index (χ1n) is 6.22. The molecular formula is C13H29N2O. The van der Waals surface area contributed by atoms with Crippen LogP contribution in [0.1, 0.15) is 32.6 Å². The van der Waals surface area contributed by atoms with Gasteiger partial charge in [0.1, 0.15) is 0 Å². The van der Waals surface area contributed by atoms with Crippen molar-refractivity contribution in [3.05, 3.63) is 6.42 Å². The molecule has 0 atom stereocenters. The highest BCUT2D eigenvalue weighted by molar-refractivity contribution is 4.89. The van der Waals surface area contributed by atoms with E-state index in [1.165, 1.54) is 0 Å². The second-order valence-corrected chi connectivity index (χ2v) is 5.21. The van der Waals surface area contributed by atoms with Gasteiger partial charge in [0.05, 0.1) is 5.60 Å². The highest BCUT2D eigenvalue weighted by Gasteiger charge is 2.23. The van der Waals surface area contributed by atoms with Crippen molar-refractivity contribution in [1.82, 2.24) is 9.80 Å². The molecule has 0 saturated heterocycles. The third kappa shape index (κ3) is 8.08. The van der Waals surface area contributed by atoms with Crippen LogP contribution in [-0.4, -0.2) is 61.8 Å². The summed E-state index contributed by atoms with van der Waals surface area (Å²) in [5, 5.41) is 10.4. The summed E-state index contributed by atoms with van der Waals surface area (Å²) in [5.41, 5.74) is -0.563. The van der Waals surface area contributed by atoms with Crippen molar-refractivity contribution in [3.63, 3.8) is 0 Å². The van der Waals surface area contributed by atoms with Gasteiger partial charge in [0.2, 0.25) is 0 Å². The molecule has 0 heterocycles. The topological polar surface area (TPSA) is 26.7 Å². The summed E-state index contributed by atoms with van der Waals surface area (Å²) in [6.45, 7) is 4.05. The summed E-state index contributed by atoms with van der Waals surface area (Å²) in [5.74, 6) is 0. The monoisotopic (exact) mass is 229 g/mol. The van der Waals surface area contributed by atoms with E-state index in [1.807, 2.05) is 13.3 Å². The maximum absolute atomic E-state index is 10.4. The zero-order valence-corrected chi connectivity index (χ0v) is 11.7. The molecule has 0 fully saturated rings. The maximum atomic E-state index is 10.4. The predicted octanol–water partition coefficient (Wildman–Crippen LogP) is 1.63. The summed E-state index contributed by atoms with van der Waals surface area (Å²) in [4.78, 5) is 4.33.